The molecule has 2 N–H and O–H groups in total. The van der Waals surface area contributed by atoms with Gasteiger partial charge < -0.3 is 5.32 Å². The van der Waals surface area contributed by atoms with Gasteiger partial charge in [0, 0.05) is 12.5 Å². The number of nitrogens with one attached hydrogen (secondary N) is 1. The third-order valence-electron chi connectivity index (χ3n) is 3.73. The molecule has 0 aliphatic heterocycles. The molecule has 1 amide bonds. The van der Waals surface area contributed by atoms with E-state index in [-0.39, 0.29) is 18.4 Å². The summed E-state index contributed by atoms with van der Waals surface area (Å²) in [6.45, 7) is 0.00551. The van der Waals surface area contributed by atoms with Crippen LogP contribution in [0.15, 0.2) is 0 Å². The molecule has 2 rings (SSSR count). The van der Waals surface area contributed by atoms with Gasteiger partial charge in [0.25, 0.3) is 10.1 Å². The van der Waals surface area contributed by atoms with Gasteiger partial charge in [-0.2, -0.15) is 8.42 Å². The van der Waals surface area contributed by atoms with E-state index in [9.17, 15) is 13.2 Å². The Morgan fingerprint density at radius 3 is 2.56 bits per heavy atom. The molecule has 5 nitrogen and oxygen atoms in total. The van der Waals surface area contributed by atoms with Gasteiger partial charge in [0.15, 0.2) is 0 Å². The Labute approximate surface area is 95.4 Å². The predicted molar refractivity (Wildman–Crippen MR) is 58.4 cm³/mol. The lowest BCUT2D eigenvalue weighted by Gasteiger charge is -2.20. The quantitative estimate of drug-likeness (QED) is 0.705. The van der Waals surface area contributed by atoms with Crippen LogP contribution >= 0.6 is 0 Å². The summed E-state index contributed by atoms with van der Waals surface area (Å²) < 4.78 is 29.5. The molecular weight excluding hydrogens is 230 g/mol. The smallest absolute Gasteiger partial charge is 0.266 e. The van der Waals surface area contributed by atoms with E-state index in [1.54, 1.807) is 0 Å². The number of carbonyl (C=O) groups excluding carboxylic acids is 1. The molecule has 0 spiro atoms. The van der Waals surface area contributed by atoms with E-state index in [4.69, 9.17) is 4.55 Å². The molecule has 0 aromatic carbocycles. The normalized spacial score (nSPS) is 32.9. The topological polar surface area (TPSA) is 83.5 Å². The Morgan fingerprint density at radius 1 is 1.31 bits per heavy atom. The van der Waals surface area contributed by atoms with Gasteiger partial charge in [0.2, 0.25) is 5.91 Å². The van der Waals surface area contributed by atoms with Crippen LogP contribution in [0.2, 0.25) is 0 Å². The van der Waals surface area contributed by atoms with Crippen LogP contribution in [0.5, 0.6) is 0 Å². The van der Waals surface area contributed by atoms with E-state index < -0.39 is 15.9 Å². The molecule has 3 atom stereocenters. The van der Waals surface area contributed by atoms with Crippen LogP contribution in [0, 0.1) is 17.8 Å². The lowest BCUT2D eigenvalue weighted by Crippen LogP contribution is -2.36. The Morgan fingerprint density at radius 2 is 2.06 bits per heavy atom. The zero-order valence-corrected chi connectivity index (χ0v) is 9.87. The number of carbonyl (C=O) groups is 1. The van der Waals surface area contributed by atoms with E-state index in [2.05, 4.69) is 5.32 Å². The average molecular weight is 247 g/mol. The summed E-state index contributed by atoms with van der Waals surface area (Å²) in [6, 6.07) is 0. The SMILES string of the molecule is O=C(NCCS(=O)(=O)O)C1CC2CCC1C2. The number of fused-ring (bicyclic) bond motifs is 2. The molecule has 2 fully saturated rings. The van der Waals surface area contributed by atoms with Crippen molar-refractivity contribution in [2.24, 2.45) is 17.8 Å². The molecule has 2 saturated carbocycles. The molecule has 92 valence electrons. The standard InChI is InChI=1S/C10H17NO4S/c12-10(11-3-4-16(13,14)15)9-6-7-1-2-8(9)5-7/h7-9H,1-6H2,(H,11,12)(H,13,14,15). The first-order valence-electron chi connectivity index (χ1n) is 5.68. The third-order valence-corrected chi connectivity index (χ3v) is 4.45. The van der Waals surface area contributed by atoms with E-state index in [0.29, 0.717) is 11.8 Å². The fourth-order valence-corrected chi connectivity index (χ4v) is 3.36. The van der Waals surface area contributed by atoms with Gasteiger partial charge in [-0.3, -0.25) is 9.35 Å². The molecule has 3 unspecified atom stereocenters. The molecule has 0 saturated heterocycles. The highest BCUT2D eigenvalue weighted by atomic mass is 32.2. The summed E-state index contributed by atoms with van der Waals surface area (Å²) in [5, 5.41) is 2.59. The summed E-state index contributed by atoms with van der Waals surface area (Å²) >= 11 is 0. The minimum atomic E-state index is -3.97. The minimum absolute atomic E-state index is 0.00551. The zero-order chi connectivity index (χ0) is 11.8. The van der Waals surface area contributed by atoms with Gasteiger partial charge in [-0.25, -0.2) is 0 Å². The Bertz CT molecular complexity index is 378. The van der Waals surface area contributed by atoms with Crippen LogP contribution in [-0.4, -0.2) is 31.2 Å². The van der Waals surface area contributed by atoms with Crippen LogP contribution in [0.3, 0.4) is 0 Å². The van der Waals surface area contributed by atoms with Crippen molar-refractivity contribution < 1.29 is 17.8 Å². The van der Waals surface area contributed by atoms with Crippen molar-refractivity contribution in [2.75, 3.05) is 12.3 Å². The maximum absolute atomic E-state index is 11.7. The minimum Gasteiger partial charge on any atom is -0.355 e. The number of amides is 1. The molecule has 16 heavy (non-hydrogen) atoms. The van der Waals surface area contributed by atoms with Crippen molar-refractivity contribution in [2.45, 2.75) is 25.7 Å². The molecule has 0 heterocycles. The van der Waals surface area contributed by atoms with Crippen molar-refractivity contribution in [3.05, 3.63) is 0 Å². The van der Waals surface area contributed by atoms with Crippen molar-refractivity contribution in [3.8, 4) is 0 Å². The second-order valence-electron chi connectivity index (χ2n) is 4.86. The zero-order valence-electron chi connectivity index (χ0n) is 9.05. The lowest BCUT2D eigenvalue weighted by molar-refractivity contribution is -0.126. The molecule has 2 aliphatic carbocycles. The summed E-state index contributed by atoms with van der Waals surface area (Å²) in [5.74, 6) is 0.813. The monoisotopic (exact) mass is 247 g/mol. The van der Waals surface area contributed by atoms with Gasteiger partial charge in [-0.05, 0) is 31.1 Å². The molecule has 2 bridgehead atoms. The van der Waals surface area contributed by atoms with Crippen LogP contribution in [0.25, 0.3) is 0 Å². The third kappa shape index (κ3) is 2.74. The first kappa shape index (κ1) is 11.9. The van der Waals surface area contributed by atoms with Gasteiger partial charge >= 0.3 is 0 Å². The summed E-state index contributed by atoms with van der Waals surface area (Å²) in [7, 11) is -3.97. The highest BCUT2D eigenvalue weighted by Gasteiger charge is 2.42. The van der Waals surface area contributed by atoms with Crippen LogP contribution in [-0.2, 0) is 14.9 Å². The first-order chi connectivity index (χ1) is 7.46. The van der Waals surface area contributed by atoms with Crippen molar-refractivity contribution >= 4 is 16.0 Å². The lowest BCUT2D eigenvalue weighted by atomic mass is 9.88. The highest BCUT2D eigenvalue weighted by Crippen LogP contribution is 2.48. The molecular formula is C10H17NO4S. The summed E-state index contributed by atoms with van der Waals surface area (Å²) in [4.78, 5) is 11.7. The number of hydrogen-bond acceptors (Lipinski definition) is 3. The molecule has 0 aromatic rings. The average Bonchev–Trinajstić information content (AvgIpc) is 2.76. The van der Waals surface area contributed by atoms with Crippen LogP contribution in [0.4, 0.5) is 0 Å². The largest absolute Gasteiger partial charge is 0.355 e. The van der Waals surface area contributed by atoms with Gasteiger partial charge in [0.1, 0.15) is 0 Å². The Hall–Kier alpha value is -0.620. The second kappa shape index (κ2) is 4.33. The van der Waals surface area contributed by atoms with Crippen LogP contribution in [0.1, 0.15) is 25.7 Å². The molecule has 0 radical (unpaired) electrons. The molecule has 6 heteroatoms. The number of rotatable bonds is 4. The van der Waals surface area contributed by atoms with Gasteiger partial charge in [0.05, 0.1) is 5.75 Å². The maximum Gasteiger partial charge on any atom is 0.266 e. The van der Waals surface area contributed by atoms with Gasteiger partial charge in [-0.15, -0.1) is 0 Å². The Balaban J connectivity index is 1.77. The van der Waals surface area contributed by atoms with Crippen molar-refractivity contribution in [3.63, 3.8) is 0 Å². The van der Waals surface area contributed by atoms with Crippen molar-refractivity contribution in [1.29, 1.82) is 0 Å². The summed E-state index contributed by atoms with van der Waals surface area (Å²) in [5.41, 5.74) is 0. The van der Waals surface area contributed by atoms with Gasteiger partial charge in [-0.1, -0.05) is 6.42 Å². The van der Waals surface area contributed by atoms with Crippen LogP contribution < -0.4 is 5.32 Å². The highest BCUT2D eigenvalue weighted by molar-refractivity contribution is 7.85. The molecule has 0 aromatic heterocycles. The van der Waals surface area contributed by atoms with E-state index >= 15 is 0 Å². The maximum atomic E-state index is 11.7. The fraction of sp³-hybridized carbons (Fsp3) is 0.900. The predicted octanol–water partition coefficient (Wildman–Crippen LogP) is 0.427. The van der Waals surface area contributed by atoms with E-state index in [0.717, 1.165) is 19.3 Å². The first-order valence-corrected chi connectivity index (χ1v) is 7.29. The second-order valence-corrected chi connectivity index (χ2v) is 6.43. The number of hydrogen-bond donors (Lipinski definition) is 2. The fourth-order valence-electron chi connectivity index (χ4n) is 3.00. The van der Waals surface area contributed by atoms with E-state index in [1.165, 1.54) is 6.42 Å². The van der Waals surface area contributed by atoms with E-state index in [1.807, 2.05) is 0 Å². The molecule has 2 aliphatic rings. The Kier molecular flexibility index (Phi) is 3.21. The van der Waals surface area contributed by atoms with Crippen molar-refractivity contribution in [1.82, 2.24) is 5.32 Å². The summed E-state index contributed by atoms with van der Waals surface area (Å²) in [6.07, 6.45) is 4.46.